The van der Waals surface area contributed by atoms with Crippen molar-refractivity contribution in [3.05, 3.63) is 75.0 Å². The minimum Gasteiger partial charge on any atom is -0.481 e. The minimum absolute atomic E-state index is 0.246. The number of para-hydroxylation sites is 2. The summed E-state index contributed by atoms with van der Waals surface area (Å²) >= 11 is 6.31. The third-order valence-corrected chi connectivity index (χ3v) is 4.18. The van der Waals surface area contributed by atoms with Crippen LogP contribution in [0.5, 0.6) is 0 Å². The van der Waals surface area contributed by atoms with Gasteiger partial charge in [0.1, 0.15) is 0 Å². The van der Waals surface area contributed by atoms with Gasteiger partial charge in [-0.1, -0.05) is 35.9 Å². The molecule has 3 rings (SSSR count). The standard InChI is InChI=1S/C18H14ClNO3/c1-11-13(10-17(21)22)18(23)12-6-2-4-8-15(12)20(11)16-9-5-3-7-14(16)19/h2-9H,10H2,1H3,(H,21,22). The lowest BCUT2D eigenvalue weighted by Gasteiger charge is -2.18. The molecule has 0 spiro atoms. The number of carboxylic acid groups (broad SMARTS) is 1. The molecule has 0 bridgehead atoms. The number of nitrogens with zero attached hydrogens (tertiary/aromatic N) is 1. The molecule has 0 aliphatic heterocycles. The van der Waals surface area contributed by atoms with E-state index in [0.717, 1.165) is 5.69 Å². The van der Waals surface area contributed by atoms with Crippen LogP contribution in [0.2, 0.25) is 5.02 Å². The Kier molecular flexibility index (Phi) is 3.92. The maximum absolute atomic E-state index is 12.6. The van der Waals surface area contributed by atoms with Crippen molar-refractivity contribution in [2.75, 3.05) is 0 Å². The van der Waals surface area contributed by atoms with Gasteiger partial charge in [-0.3, -0.25) is 9.59 Å². The molecule has 0 saturated carbocycles. The Balaban J connectivity index is 2.48. The molecule has 0 aliphatic rings. The van der Waals surface area contributed by atoms with E-state index in [9.17, 15) is 9.59 Å². The van der Waals surface area contributed by atoms with Crippen LogP contribution in [0, 0.1) is 6.92 Å². The highest BCUT2D eigenvalue weighted by molar-refractivity contribution is 6.32. The smallest absolute Gasteiger partial charge is 0.308 e. The molecule has 1 heterocycles. The van der Waals surface area contributed by atoms with E-state index in [1.165, 1.54) is 0 Å². The summed E-state index contributed by atoms with van der Waals surface area (Å²) in [7, 11) is 0. The third kappa shape index (κ3) is 2.62. The Morgan fingerprint density at radius 3 is 2.48 bits per heavy atom. The van der Waals surface area contributed by atoms with Crippen LogP contribution in [0.25, 0.3) is 16.6 Å². The van der Waals surface area contributed by atoms with Crippen molar-refractivity contribution in [1.82, 2.24) is 4.57 Å². The van der Waals surface area contributed by atoms with Crippen LogP contribution >= 0.6 is 11.6 Å². The maximum atomic E-state index is 12.6. The molecule has 3 aromatic rings. The number of benzene rings is 2. The van der Waals surface area contributed by atoms with Crippen LogP contribution in [-0.2, 0) is 11.2 Å². The van der Waals surface area contributed by atoms with E-state index in [1.807, 2.05) is 34.9 Å². The van der Waals surface area contributed by atoms with Crippen LogP contribution in [0.3, 0.4) is 0 Å². The summed E-state index contributed by atoms with van der Waals surface area (Å²) in [5.41, 5.74) is 2.04. The van der Waals surface area contributed by atoms with Crippen molar-refractivity contribution >= 4 is 28.5 Å². The van der Waals surface area contributed by atoms with Gasteiger partial charge in [0.2, 0.25) is 0 Å². The molecular weight excluding hydrogens is 314 g/mol. The minimum atomic E-state index is -1.04. The van der Waals surface area contributed by atoms with Gasteiger partial charge in [-0.05, 0) is 31.2 Å². The van der Waals surface area contributed by atoms with Gasteiger partial charge in [-0.15, -0.1) is 0 Å². The Hall–Kier alpha value is -2.59. The number of halogens is 1. The van der Waals surface area contributed by atoms with Crippen molar-refractivity contribution in [3.63, 3.8) is 0 Å². The summed E-state index contributed by atoms with van der Waals surface area (Å²) in [6, 6.07) is 14.4. The van der Waals surface area contributed by atoms with Gasteiger partial charge in [0.25, 0.3) is 0 Å². The highest BCUT2D eigenvalue weighted by atomic mass is 35.5. The normalized spacial score (nSPS) is 10.9. The number of carboxylic acids is 1. The zero-order valence-corrected chi connectivity index (χ0v) is 13.2. The second kappa shape index (κ2) is 5.89. The maximum Gasteiger partial charge on any atom is 0.308 e. The average Bonchev–Trinajstić information content (AvgIpc) is 2.53. The lowest BCUT2D eigenvalue weighted by Crippen LogP contribution is -2.21. The molecule has 0 atom stereocenters. The number of rotatable bonds is 3. The van der Waals surface area contributed by atoms with Crippen LogP contribution in [0.1, 0.15) is 11.3 Å². The van der Waals surface area contributed by atoms with E-state index < -0.39 is 5.97 Å². The van der Waals surface area contributed by atoms with Crippen LogP contribution in [0.4, 0.5) is 0 Å². The second-order valence-electron chi connectivity index (χ2n) is 5.27. The number of fused-ring (bicyclic) bond motifs is 1. The van der Waals surface area contributed by atoms with E-state index >= 15 is 0 Å². The Morgan fingerprint density at radius 1 is 1.13 bits per heavy atom. The molecule has 2 aromatic carbocycles. The molecule has 0 aliphatic carbocycles. The molecule has 0 unspecified atom stereocenters. The van der Waals surface area contributed by atoms with Crippen molar-refractivity contribution in [3.8, 4) is 5.69 Å². The SMILES string of the molecule is Cc1c(CC(=O)O)c(=O)c2ccccc2n1-c1ccccc1Cl. The van der Waals surface area contributed by atoms with Crippen molar-refractivity contribution in [1.29, 1.82) is 0 Å². The van der Waals surface area contributed by atoms with Crippen LogP contribution < -0.4 is 5.43 Å². The molecular formula is C18H14ClNO3. The number of aromatic nitrogens is 1. The zero-order chi connectivity index (χ0) is 16.6. The average molecular weight is 328 g/mol. The van der Waals surface area contributed by atoms with E-state index in [1.54, 1.807) is 25.1 Å². The monoisotopic (exact) mass is 327 g/mol. The largest absolute Gasteiger partial charge is 0.481 e. The Morgan fingerprint density at radius 2 is 1.78 bits per heavy atom. The summed E-state index contributed by atoms with van der Waals surface area (Å²) in [6.45, 7) is 1.75. The van der Waals surface area contributed by atoms with Gasteiger partial charge in [-0.25, -0.2) is 0 Å². The summed E-state index contributed by atoms with van der Waals surface area (Å²) in [5, 5.41) is 10.1. The molecule has 116 valence electrons. The molecule has 23 heavy (non-hydrogen) atoms. The van der Waals surface area contributed by atoms with Gasteiger partial charge >= 0.3 is 5.97 Å². The predicted molar refractivity (Wildman–Crippen MR) is 90.6 cm³/mol. The fourth-order valence-electron chi connectivity index (χ4n) is 2.81. The highest BCUT2D eigenvalue weighted by Gasteiger charge is 2.18. The molecule has 1 N–H and O–H groups in total. The van der Waals surface area contributed by atoms with Gasteiger partial charge in [0.05, 0.1) is 22.6 Å². The first-order chi connectivity index (χ1) is 11.0. The lowest BCUT2D eigenvalue weighted by atomic mass is 10.0. The fourth-order valence-corrected chi connectivity index (χ4v) is 3.03. The highest BCUT2D eigenvalue weighted by Crippen LogP contribution is 2.26. The van der Waals surface area contributed by atoms with E-state index in [0.29, 0.717) is 21.6 Å². The fraction of sp³-hybridized carbons (Fsp3) is 0.111. The molecule has 4 nitrogen and oxygen atoms in total. The Bertz CT molecular complexity index is 976. The van der Waals surface area contributed by atoms with Crippen LogP contribution in [0.15, 0.2) is 53.3 Å². The quantitative estimate of drug-likeness (QED) is 0.800. The van der Waals surface area contributed by atoms with Gasteiger partial charge in [0.15, 0.2) is 5.43 Å². The topological polar surface area (TPSA) is 59.3 Å². The predicted octanol–water partition coefficient (Wildman–Crippen LogP) is 3.58. The zero-order valence-electron chi connectivity index (χ0n) is 12.4. The van der Waals surface area contributed by atoms with E-state index in [2.05, 4.69) is 0 Å². The number of hydrogen-bond acceptors (Lipinski definition) is 2. The van der Waals surface area contributed by atoms with Crippen molar-refractivity contribution in [2.45, 2.75) is 13.3 Å². The second-order valence-corrected chi connectivity index (χ2v) is 5.67. The lowest BCUT2D eigenvalue weighted by molar-refractivity contribution is -0.136. The van der Waals surface area contributed by atoms with Gasteiger partial charge in [-0.2, -0.15) is 0 Å². The number of carbonyl (C=O) groups is 1. The molecule has 0 saturated heterocycles. The number of pyridine rings is 1. The summed E-state index contributed by atoms with van der Waals surface area (Å²) in [6.07, 6.45) is -0.319. The molecule has 0 fully saturated rings. The van der Waals surface area contributed by atoms with E-state index in [4.69, 9.17) is 16.7 Å². The molecule has 5 heteroatoms. The number of hydrogen-bond donors (Lipinski definition) is 1. The first-order valence-electron chi connectivity index (χ1n) is 7.10. The Labute approximate surface area is 137 Å². The summed E-state index contributed by atoms with van der Waals surface area (Å²) in [5.74, 6) is -1.04. The van der Waals surface area contributed by atoms with E-state index in [-0.39, 0.29) is 17.4 Å². The van der Waals surface area contributed by atoms with Gasteiger partial charge < -0.3 is 9.67 Å². The summed E-state index contributed by atoms with van der Waals surface area (Å²) < 4.78 is 1.84. The molecule has 0 amide bonds. The van der Waals surface area contributed by atoms with Crippen molar-refractivity contribution in [2.24, 2.45) is 0 Å². The van der Waals surface area contributed by atoms with Gasteiger partial charge in [0, 0.05) is 16.6 Å². The molecule has 0 radical (unpaired) electrons. The third-order valence-electron chi connectivity index (χ3n) is 3.86. The van der Waals surface area contributed by atoms with Crippen molar-refractivity contribution < 1.29 is 9.90 Å². The first kappa shape index (κ1) is 15.3. The number of aliphatic carboxylic acids is 1. The summed E-state index contributed by atoms with van der Waals surface area (Å²) in [4.78, 5) is 23.8. The van der Waals surface area contributed by atoms with Crippen LogP contribution in [-0.4, -0.2) is 15.6 Å². The first-order valence-corrected chi connectivity index (χ1v) is 7.48. The molecule has 1 aromatic heterocycles.